The van der Waals surface area contributed by atoms with Crippen LogP contribution >= 0.6 is 0 Å². The Morgan fingerprint density at radius 1 is 1.31 bits per heavy atom. The van der Waals surface area contributed by atoms with Crippen LogP contribution in [0.1, 0.15) is 11.4 Å². The molecule has 6 heteroatoms. The average Bonchev–Trinajstić information content (AvgIpc) is 2.69. The van der Waals surface area contributed by atoms with Crippen LogP contribution in [0, 0.1) is 5.82 Å². The highest BCUT2D eigenvalue weighted by Gasteiger charge is 2.01. The van der Waals surface area contributed by atoms with Crippen molar-refractivity contribution in [2.45, 2.75) is 13.1 Å². The number of hydrogen-bond donors (Lipinski definition) is 2. The van der Waals surface area contributed by atoms with Crippen molar-refractivity contribution >= 4 is 0 Å². The van der Waals surface area contributed by atoms with Gasteiger partial charge in [-0.25, -0.2) is 4.39 Å². The Balaban J connectivity index is 1.89. The highest BCUT2D eigenvalue weighted by atomic mass is 19.1. The van der Waals surface area contributed by atoms with E-state index in [2.05, 4.69) is 20.0 Å². The van der Waals surface area contributed by atoms with Crippen LogP contribution in [0.25, 0.3) is 0 Å². The first-order valence-electron chi connectivity index (χ1n) is 4.68. The Morgan fingerprint density at radius 2 is 2.19 bits per heavy atom. The van der Waals surface area contributed by atoms with Gasteiger partial charge in [0.25, 0.3) is 0 Å². The molecule has 16 heavy (non-hydrogen) atoms. The van der Waals surface area contributed by atoms with E-state index in [4.69, 9.17) is 5.11 Å². The van der Waals surface area contributed by atoms with E-state index in [1.165, 1.54) is 18.5 Å². The third-order valence-electron chi connectivity index (χ3n) is 1.96. The smallest absolute Gasteiger partial charge is 0.213 e. The van der Waals surface area contributed by atoms with Crippen LogP contribution in [0.5, 0.6) is 5.75 Å². The van der Waals surface area contributed by atoms with E-state index in [9.17, 15) is 4.39 Å². The summed E-state index contributed by atoms with van der Waals surface area (Å²) in [5.74, 6) is -0.0200. The number of phenols is 1. The summed E-state index contributed by atoms with van der Waals surface area (Å²) in [5, 5.41) is 15.8. The molecule has 0 bridgehead atoms. The van der Waals surface area contributed by atoms with Gasteiger partial charge in [0.1, 0.15) is 11.6 Å². The minimum absolute atomic E-state index is 0.0867. The van der Waals surface area contributed by atoms with Crippen molar-refractivity contribution in [3.63, 3.8) is 0 Å². The van der Waals surface area contributed by atoms with E-state index in [1.54, 1.807) is 0 Å². The fourth-order valence-corrected chi connectivity index (χ4v) is 1.32. The molecule has 2 aromatic rings. The van der Waals surface area contributed by atoms with Crippen LogP contribution < -0.4 is 5.32 Å². The Labute approximate surface area is 90.9 Å². The van der Waals surface area contributed by atoms with E-state index in [0.29, 0.717) is 24.5 Å². The zero-order valence-corrected chi connectivity index (χ0v) is 8.35. The predicted octanol–water partition coefficient (Wildman–Crippen LogP) is 1.20. The molecule has 2 N–H and O–H groups in total. The van der Waals surface area contributed by atoms with Crippen molar-refractivity contribution in [2.24, 2.45) is 0 Å². The second-order valence-electron chi connectivity index (χ2n) is 3.27. The fraction of sp³-hybridized carbons (Fsp3) is 0.200. The largest absolute Gasteiger partial charge is 0.508 e. The Bertz CT molecular complexity index is 439. The molecule has 0 aliphatic heterocycles. The summed E-state index contributed by atoms with van der Waals surface area (Å²) in [6, 6.07) is 3.90. The number of nitrogens with one attached hydrogen (secondary N) is 1. The van der Waals surface area contributed by atoms with Crippen molar-refractivity contribution in [1.82, 2.24) is 15.5 Å². The summed E-state index contributed by atoms with van der Waals surface area (Å²) in [6.45, 7) is 0.841. The van der Waals surface area contributed by atoms with E-state index < -0.39 is 5.82 Å². The maximum atomic E-state index is 12.9. The van der Waals surface area contributed by atoms with Gasteiger partial charge >= 0.3 is 0 Å². The molecular weight excluding hydrogens is 213 g/mol. The standard InChI is InChI=1S/C10H10FN3O2/c11-8-1-7(2-9(15)3-8)4-12-5-10-13-6-16-14-10/h1-3,6,12,15H,4-5H2. The third kappa shape index (κ3) is 2.77. The number of hydrogen-bond acceptors (Lipinski definition) is 5. The number of benzene rings is 1. The van der Waals surface area contributed by atoms with Crippen LogP contribution in [-0.4, -0.2) is 15.2 Å². The van der Waals surface area contributed by atoms with Gasteiger partial charge in [0.05, 0.1) is 6.54 Å². The number of aromatic nitrogens is 2. The molecule has 0 amide bonds. The molecule has 0 aliphatic rings. The topological polar surface area (TPSA) is 71.2 Å². The first-order valence-corrected chi connectivity index (χ1v) is 4.68. The van der Waals surface area contributed by atoms with Gasteiger partial charge in [-0.1, -0.05) is 5.16 Å². The molecule has 1 aromatic carbocycles. The maximum absolute atomic E-state index is 12.9. The molecule has 2 rings (SSSR count). The molecule has 1 heterocycles. The van der Waals surface area contributed by atoms with E-state index in [1.807, 2.05) is 0 Å². The van der Waals surface area contributed by atoms with Crippen LogP contribution in [0.4, 0.5) is 4.39 Å². The molecule has 0 aliphatic carbocycles. The molecule has 0 fully saturated rings. The minimum Gasteiger partial charge on any atom is -0.508 e. The van der Waals surface area contributed by atoms with Crippen molar-refractivity contribution in [3.05, 3.63) is 41.8 Å². The van der Waals surface area contributed by atoms with Gasteiger partial charge in [-0.3, -0.25) is 0 Å². The quantitative estimate of drug-likeness (QED) is 0.815. The van der Waals surface area contributed by atoms with Crippen molar-refractivity contribution < 1.29 is 14.0 Å². The van der Waals surface area contributed by atoms with Crippen molar-refractivity contribution in [1.29, 1.82) is 0 Å². The van der Waals surface area contributed by atoms with Gasteiger partial charge < -0.3 is 14.9 Å². The van der Waals surface area contributed by atoms with Gasteiger partial charge in [0.15, 0.2) is 5.82 Å². The molecule has 0 spiro atoms. The van der Waals surface area contributed by atoms with Gasteiger partial charge in [-0.2, -0.15) is 4.98 Å². The summed E-state index contributed by atoms with van der Waals surface area (Å²) < 4.78 is 17.5. The number of nitrogens with zero attached hydrogens (tertiary/aromatic N) is 2. The van der Waals surface area contributed by atoms with Gasteiger partial charge in [-0.15, -0.1) is 0 Å². The molecule has 0 unspecified atom stereocenters. The Morgan fingerprint density at radius 3 is 2.88 bits per heavy atom. The second-order valence-corrected chi connectivity index (χ2v) is 3.27. The van der Waals surface area contributed by atoms with Crippen LogP contribution in [0.15, 0.2) is 29.1 Å². The SMILES string of the molecule is Oc1cc(F)cc(CNCc2ncon2)c1. The Kier molecular flexibility index (Phi) is 3.11. The molecule has 0 saturated heterocycles. The normalized spacial score (nSPS) is 10.6. The lowest BCUT2D eigenvalue weighted by atomic mass is 10.2. The molecule has 0 radical (unpaired) electrons. The zero-order valence-electron chi connectivity index (χ0n) is 8.35. The molecule has 5 nitrogen and oxygen atoms in total. The molecule has 0 atom stereocenters. The monoisotopic (exact) mass is 223 g/mol. The summed E-state index contributed by atoms with van der Waals surface area (Å²) in [5.41, 5.74) is 0.654. The van der Waals surface area contributed by atoms with Crippen molar-refractivity contribution in [2.75, 3.05) is 0 Å². The van der Waals surface area contributed by atoms with Gasteiger partial charge in [-0.05, 0) is 17.7 Å². The van der Waals surface area contributed by atoms with Crippen molar-refractivity contribution in [3.8, 4) is 5.75 Å². The zero-order chi connectivity index (χ0) is 11.4. The van der Waals surface area contributed by atoms with Crippen LogP contribution in [0.3, 0.4) is 0 Å². The van der Waals surface area contributed by atoms with Gasteiger partial charge in [0.2, 0.25) is 6.39 Å². The third-order valence-corrected chi connectivity index (χ3v) is 1.96. The second kappa shape index (κ2) is 4.71. The highest BCUT2D eigenvalue weighted by Crippen LogP contribution is 2.14. The number of aromatic hydroxyl groups is 1. The van der Waals surface area contributed by atoms with E-state index >= 15 is 0 Å². The number of halogens is 1. The molecule has 84 valence electrons. The first-order chi connectivity index (χ1) is 7.74. The summed E-state index contributed by atoms with van der Waals surface area (Å²) in [6.07, 6.45) is 1.24. The summed E-state index contributed by atoms with van der Waals surface area (Å²) in [7, 11) is 0. The fourth-order valence-electron chi connectivity index (χ4n) is 1.32. The van der Waals surface area contributed by atoms with Crippen LogP contribution in [-0.2, 0) is 13.1 Å². The number of phenolic OH excluding ortho intramolecular Hbond substituents is 1. The van der Waals surface area contributed by atoms with E-state index in [0.717, 1.165) is 6.07 Å². The molecular formula is C10H10FN3O2. The summed E-state index contributed by atoms with van der Waals surface area (Å²) in [4.78, 5) is 3.82. The first kappa shape index (κ1) is 10.6. The molecule has 0 saturated carbocycles. The van der Waals surface area contributed by atoms with Crippen LogP contribution in [0.2, 0.25) is 0 Å². The summed E-state index contributed by atoms with van der Waals surface area (Å²) >= 11 is 0. The minimum atomic E-state index is -0.462. The number of rotatable bonds is 4. The predicted molar refractivity (Wildman–Crippen MR) is 52.9 cm³/mol. The Hall–Kier alpha value is -1.95. The molecule has 1 aromatic heterocycles. The average molecular weight is 223 g/mol. The van der Waals surface area contributed by atoms with E-state index in [-0.39, 0.29) is 5.75 Å². The van der Waals surface area contributed by atoms with Gasteiger partial charge in [0, 0.05) is 12.6 Å². The highest BCUT2D eigenvalue weighted by molar-refractivity contribution is 5.28. The lowest BCUT2D eigenvalue weighted by molar-refractivity contribution is 0.407. The lowest BCUT2D eigenvalue weighted by Crippen LogP contribution is -2.13. The lowest BCUT2D eigenvalue weighted by Gasteiger charge is -2.03. The maximum Gasteiger partial charge on any atom is 0.213 e.